The van der Waals surface area contributed by atoms with Crippen LogP contribution in [0.25, 0.3) is 0 Å². The summed E-state index contributed by atoms with van der Waals surface area (Å²) in [5.74, 6) is -3.74. The maximum atomic E-state index is 15.2. The minimum atomic E-state index is -4.28. The molecule has 1 aliphatic rings. The predicted octanol–water partition coefficient (Wildman–Crippen LogP) is 4.28. The summed E-state index contributed by atoms with van der Waals surface area (Å²) in [4.78, 5) is 0. The second kappa shape index (κ2) is 10.1. The molecule has 188 valence electrons. The number of rotatable bonds is 10. The Morgan fingerprint density at radius 2 is 1.85 bits per heavy atom. The molecular weight excluding hydrogens is 588 g/mol. The highest BCUT2D eigenvalue weighted by Crippen LogP contribution is 2.53. The number of ether oxygens (including phenoxy) is 1. The molecule has 3 rings (SSSR count). The summed E-state index contributed by atoms with van der Waals surface area (Å²) < 4.78 is 77.2. The fourth-order valence-corrected chi connectivity index (χ4v) is 6.74. The van der Waals surface area contributed by atoms with Crippen LogP contribution in [0.3, 0.4) is 0 Å². The van der Waals surface area contributed by atoms with Crippen molar-refractivity contribution in [1.82, 2.24) is 0 Å². The molecular formula is C22H26F3IN2O5S. The molecule has 0 unspecified atom stereocenters. The largest absolute Gasteiger partial charge is 0.494 e. The highest BCUT2D eigenvalue weighted by atomic mass is 127. The molecule has 0 saturated heterocycles. The molecule has 2 aromatic rings. The van der Waals surface area contributed by atoms with Gasteiger partial charge in [-0.25, -0.2) is 21.6 Å². The lowest BCUT2D eigenvalue weighted by molar-refractivity contribution is 0.0857. The van der Waals surface area contributed by atoms with Crippen molar-refractivity contribution < 1.29 is 36.5 Å². The fraction of sp³-hybridized carbons (Fsp3) is 0.455. The zero-order valence-electron chi connectivity index (χ0n) is 18.8. The van der Waals surface area contributed by atoms with E-state index in [2.05, 4.69) is 5.32 Å². The highest BCUT2D eigenvalue weighted by molar-refractivity contribution is 14.1. The van der Waals surface area contributed by atoms with Gasteiger partial charge in [-0.3, -0.25) is 4.31 Å². The molecule has 1 atom stereocenters. The molecule has 0 spiro atoms. The van der Waals surface area contributed by atoms with E-state index in [-0.39, 0.29) is 36.4 Å². The molecule has 12 heteroatoms. The Morgan fingerprint density at radius 3 is 2.35 bits per heavy atom. The first-order valence-electron chi connectivity index (χ1n) is 10.5. The molecule has 0 heterocycles. The number of benzene rings is 2. The van der Waals surface area contributed by atoms with Gasteiger partial charge in [0.25, 0.3) is 0 Å². The first-order chi connectivity index (χ1) is 15.9. The summed E-state index contributed by atoms with van der Waals surface area (Å²) in [7, 11) is -3.10. The van der Waals surface area contributed by atoms with Crippen LogP contribution < -0.4 is 14.4 Å². The van der Waals surface area contributed by atoms with Gasteiger partial charge < -0.3 is 20.3 Å². The van der Waals surface area contributed by atoms with Gasteiger partial charge in [0.05, 0.1) is 30.3 Å². The summed E-state index contributed by atoms with van der Waals surface area (Å²) in [6, 6.07) is 4.00. The topological polar surface area (TPSA) is 99.1 Å². The molecule has 0 radical (unpaired) electrons. The number of sulfonamides is 1. The van der Waals surface area contributed by atoms with Crippen molar-refractivity contribution in [2.75, 3.05) is 23.3 Å². The van der Waals surface area contributed by atoms with Crippen LogP contribution in [0.15, 0.2) is 24.3 Å². The average Bonchev–Trinajstić information content (AvgIpc) is 3.55. The van der Waals surface area contributed by atoms with Crippen molar-refractivity contribution in [1.29, 1.82) is 0 Å². The number of hydrogen-bond donors (Lipinski definition) is 3. The van der Waals surface area contributed by atoms with Crippen LogP contribution in [0.2, 0.25) is 0 Å². The molecule has 1 saturated carbocycles. The summed E-state index contributed by atoms with van der Waals surface area (Å²) in [5.41, 5.74) is -1.11. The molecule has 1 aliphatic carbocycles. The van der Waals surface area contributed by atoms with Crippen molar-refractivity contribution in [2.45, 2.75) is 50.0 Å². The number of halogens is 4. The lowest BCUT2D eigenvalue weighted by Crippen LogP contribution is -2.46. The smallest absolute Gasteiger partial charge is 0.241 e. The van der Waals surface area contributed by atoms with Crippen LogP contribution in [-0.4, -0.2) is 49.2 Å². The monoisotopic (exact) mass is 614 g/mol. The van der Waals surface area contributed by atoms with Gasteiger partial charge in [0.15, 0.2) is 11.6 Å². The van der Waals surface area contributed by atoms with E-state index in [0.29, 0.717) is 3.57 Å². The number of aliphatic hydroxyl groups is 2. The van der Waals surface area contributed by atoms with E-state index >= 15 is 4.39 Å². The van der Waals surface area contributed by atoms with Gasteiger partial charge in [0, 0.05) is 15.7 Å². The van der Waals surface area contributed by atoms with Crippen molar-refractivity contribution in [3.8, 4) is 5.75 Å². The Morgan fingerprint density at radius 1 is 1.21 bits per heavy atom. The van der Waals surface area contributed by atoms with Crippen molar-refractivity contribution in [3.63, 3.8) is 0 Å². The van der Waals surface area contributed by atoms with E-state index in [1.54, 1.807) is 19.9 Å². The van der Waals surface area contributed by atoms with E-state index in [1.165, 1.54) is 19.2 Å². The Hall–Kier alpha value is -1.77. The first kappa shape index (κ1) is 26.8. The van der Waals surface area contributed by atoms with Gasteiger partial charge in [-0.05, 0) is 73.9 Å². The second-order valence-corrected chi connectivity index (χ2v) is 11.9. The third-order valence-corrected chi connectivity index (χ3v) is 9.15. The van der Waals surface area contributed by atoms with Gasteiger partial charge in [-0.1, -0.05) is 0 Å². The lowest BCUT2D eigenvalue weighted by Gasteiger charge is -2.35. The van der Waals surface area contributed by atoms with E-state index in [9.17, 15) is 27.4 Å². The number of hydrogen-bond acceptors (Lipinski definition) is 6. The quantitative estimate of drug-likeness (QED) is 0.346. The summed E-state index contributed by atoms with van der Waals surface area (Å²) in [6.45, 7) is 2.48. The number of methoxy groups -OCH3 is 1. The minimum absolute atomic E-state index is 0.189. The Balaban J connectivity index is 2.23. The van der Waals surface area contributed by atoms with E-state index in [4.69, 9.17) is 4.74 Å². The lowest BCUT2D eigenvalue weighted by atomic mass is 10.2. The molecule has 1 fully saturated rings. The Bertz CT molecular complexity index is 1180. The average molecular weight is 614 g/mol. The maximum Gasteiger partial charge on any atom is 0.241 e. The first-order valence-corrected chi connectivity index (χ1v) is 13.0. The molecule has 2 aromatic carbocycles. The second-order valence-electron chi connectivity index (χ2n) is 8.47. The summed E-state index contributed by atoms with van der Waals surface area (Å²) in [6.07, 6.45) is -1.06. The van der Waals surface area contributed by atoms with Crippen LogP contribution >= 0.6 is 22.6 Å². The van der Waals surface area contributed by atoms with Gasteiger partial charge in [-0.2, -0.15) is 0 Å². The van der Waals surface area contributed by atoms with E-state index < -0.39 is 56.7 Å². The summed E-state index contributed by atoms with van der Waals surface area (Å²) in [5, 5.41) is 21.7. The van der Waals surface area contributed by atoms with Gasteiger partial charge in [0.1, 0.15) is 22.9 Å². The number of anilines is 3. The SMILES string of the molecule is COc1cc(F)c(F)c(Nc2ccc(I)cc2F)c1N(C(C)C)S(=O)(=O)C1(C[C@H](O)CO)CC1. The number of nitrogens with one attached hydrogen (secondary N) is 1. The Labute approximate surface area is 210 Å². The Kier molecular flexibility index (Phi) is 7.95. The molecule has 0 bridgehead atoms. The predicted molar refractivity (Wildman–Crippen MR) is 132 cm³/mol. The van der Waals surface area contributed by atoms with Crippen molar-refractivity contribution in [2.24, 2.45) is 0 Å². The van der Waals surface area contributed by atoms with Gasteiger partial charge in [-0.15, -0.1) is 0 Å². The van der Waals surface area contributed by atoms with E-state index in [1.807, 2.05) is 22.6 Å². The van der Waals surface area contributed by atoms with Crippen molar-refractivity contribution in [3.05, 3.63) is 45.3 Å². The van der Waals surface area contributed by atoms with Crippen LogP contribution in [-0.2, 0) is 10.0 Å². The fourth-order valence-electron chi connectivity index (χ4n) is 3.87. The minimum Gasteiger partial charge on any atom is -0.494 e. The van der Waals surface area contributed by atoms with Crippen LogP contribution in [0, 0.1) is 21.0 Å². The molecule has 34 heavy (non-hydrogen) atoms. The third kappa shape index (κ3) is 4.95. The molecule has 0 aliphatic heterocycles. The zero-order chi connectivity index (χ0) is 25.4. The van der Waals surface area contributed by atoms with Crippen LogP contribution in [0.5, 0.6) is 5.75 Å². The molecule has 0 amide bonds. The van der Waals surface area contributed by atoms with Gasteiger partial charge in [0.2, 0.25) is 10.0 Å². The zero-order valence-corrected chi connectivity index (χ0v) is 21.8. The van der Waals surface area contributed by atoms with Crippen molar-refractivity contribution >= 4 is 49.7 Å². The van der Waals surface area contributed by atoms with Crippen LogP contribution in [0.1, 0.15) is 33.1 Å². The standard InChI is InChI=1S/C22H26F3IN2O5S/c1-12(2)28(34(31,32)22(6-7-22)10-14(30)11-29)21-18(33-3)9-16(24)19(25)20(21)27-17-5-4-13(26)8-15(17)23/h4-5,8-9,12,14,27,29-30H,6-7,10-11H2,1-3H3/t14-/m0/s1. The number of aliphatic hydroxyl groups excluding tert-OH is 2. The third-order valence-electron chi connectivity index (χ3n) is 5.69. The van der Waals surface area contributed by atoms with Gasteiger partial charge >= 0.3 is 0 Å². The van der Waals surface area contributed by atoms with Crippen LogP contribution in [0.4, 0.5) is 30.2 Å². The molecule has 0 aromatic heterocycles. The molecule has 3 N–H and O–H groups in total. The van der Waals surface area contributed by atoms with E-state index in [0.717, 1.165) is 10.4 Å². The highest BCUT2D eigenvalue weighted by Gasteiger charge is 2.58. The summed E-state index contributed by atoms with van der Waals surface area (Å²) >= 11 is 1.89. The number of nitrogens with zero attached hydrogens (tertiary/aromatic N) is 1. The maximum absolute atomic E-state index is 15.2. The normalized spacial score (nSPS) is 15.8. The molecule has 7 nitrogen and oxygen atoms in total.